The summed E-state index contributed by atoms with van der Waals surface area (Å²) in [6, 6.07) is 21.8. The minimum absolute atomic E-state index is 0.00419. The minimum atomic E-state index is -0.453. The van der Waals surface area contributed by atoms with Gasteiger partial charge in [0, 0.05) is 53.6 Å². The average molecular weight is 550 g/mol. The molecule has 2 amide bonds. The van der Waals surface area contributed by atoms with Gasteiger partial charge in [0.25, 0.3) is 0 Å². The zero-order chi connectivity index (χ0) is 27.3. The number of aromatic nitrogens is 1. The molecule has 3 atom stereocenters. The monoisotopic (exact) mass is 549 g/mol. The van der Waals surface area contributed by atoms with Crippen LogP contribution in [-0.4, -0.2) is 33.9 Å². The molecule has 0 aliphatic carbocycles. The Morgan fingerprint density at radius 3 is 2.23 bits per heavy atom. The van der Waals surface area contributed by atoms with E-state index in [4.69, 9.17) is 14.7 Å². The Bertz CT molecular complexity index is 1160. The highest BCUT2D eigenvalue weighted by Gasteiger charge is 2.32. The molecule has 4 rings (SSSR count). The zero-order valence-electron chi connectivity index (χ0n) is 21.8. The second-order valence-corrected chi connectivity index (χ2v) is 10.6. The topological polar surface area (TPSA) is 110 Å². The molecule has 0 radical (unpaired) electrons. The molecule has 8 nitrogen and oxygen atoms in total. The molecule has 206 valence electrons. The summed E-state index contributed by atoms with van der Waals surface area (Å²) in [6.07, 6.45) is 7.60. The van der Waals surface area contributed by atoms with Crippen molar-refractivity contribution in [3.63, 3.8) is 0 Å². The molecule has 1 saturated heterocycles. The van der Waals surface area contributed by atoms with Crippen LogP contribution in [0.15, 0.2) is 84.0 Å². The molecule has 1 aromatic heterocycles. The highest BCUT2D eigenvalue weighted by molar-refractivity contribution is 7.99. The Morgan fingerprint density at radius 2 is 1.54 bits per heavy atom. The molecule has 2 aromatic carbocycles. The maximum atomic E-state index is 12.4. The number of carbonyl (C=O) groups is 2. The van der Waals surface area contributed by atoms with E-state index >= 15 is 0 Å². The van der Waals surface area contributed by atoms with Crippen LogP contribution >= 0.6 is 11.8 Å². The van der Waals surface area contributed by atoms with Crippen molar-refractivity contribution >= 4 is 29.3 Å². The fraction of sp³-hybridized carbons (Fsp3) is 0.367. The molecular weight excluding hydrogens is 514 g/mol. The third kappa shape index (κ3) is 9.47. The van der Waals surface area contributed by atoms with Gasteiger partial charge in [-0.2, -0.15) is 0 Å². The van der Waals surface area contributed by atoms with Gasteiger partial charge in [-0.05, 0) is 42.7 Å². The summed E-state index contributed by atoms with van der Waals surface area (Å²) in [5, 5.41) is 11.5. The molecule has 1 fully saturated rings. The van der Waals surface area contributed by atoms with Gasteiger partial charge in [-0.3, -0.25) is 19.8 Å². The van der Waals surface area contributed by atoms with Crippen molar-refractivity contribution in [2.45, 2.75) is 68.3 Å². The van der Waals surface area contributed by atoms with Crippen LogP contribution in [0.4, 0.5) is 5.69 Å². The Kier molecular flexibility index (Phi) is 11.3. The number of hydroxylamine groups is 1. The number of benzene rings is 2. The molecule has 3 aromatic rings. The van der Waals surface area contributed by atoms with E-state index in [0.29, 0.717) is 19.3 Å². The summed E-state index contributed by atoms with van der Waals surface area (Å²) < 4.78 is 12.8. The number of rotatable bonds is 13. The van der Waals surface area contributed by atoms with Gasteiger partial charge in [0.15, 0.2) is 6.29 Å². The van der Waals surface area contributed by atoms with Crippen molar-refractivity contribution in [2.24, 2.45) is 0 Å². The van der Waals surface area contributed by atoms with Gasteiger partial charge in [-0.15, -0.1) is 11.8 Å². The first kappa shape index (κ1) is 28.8. The van der Waals surface area contributed by atoms with E-state index in [1.807, 2.05) is 66.7 Å². The van der Waals surface area contributed by atoms with Gasteiger partial charge in [-0.25, -0.2) is 5.48 Å². The van der Waals surface area contributed by atoms with Crippen molar-refractivity contribution in [2.75, 3.05) is 11.1 Å². The predicted octanol–water partition coefficient (Wildman–Crippen LogP) is 6.20. The van der Waals surface area contributed by atoms with Gasteiger partial charge in [0.05, 0.1) is 12.2 Å². The Morgan fingerprint density at radius 1 is 0.846 bits per heavy atom. The quantitative estimate of drug-likeness (QED) is 0.101. The number of hydrogen-bond donors (Lipinski definition) is 3. The Hall–Kier alpha value is -3.24. The van der Waals surface area contributed by atoms with Crippen LogP contribution in [0.1, 0.15) is 68.5 Å². The standard InChI is InChI=1S/C30H35N3O5S/c34-28(10-6-1-2-7-11-29(35)33-36)32-24-14-12-22(13-15-24)27-20-25(21-39-26-16-18-31-19-17-26)37-30(38-27)23-8-4-3-5-9-23/h3-5,8-9,12-19,25,27,30,36H,1-2,6-7,10-11,20-21H2,(H,32,34)(H,33,35). The maximum Gasteiger partial charge on any atom is 0.243 e. The van der Waals surface area contributed by atoms with Crippen LogP contribution in [0.5, 0.6) is 0 Å². The Labute approximate surface area is 233 Å². The number of nitrogens with zero attached hydrogens (tertiary/aromatic N) is 1. The maximum absolute atomic E-state index is 12.4. The van der Waals surface area contributed by atoms with Crippen molar-refractivity contribution in [1.82, 2.24) is 10.5 Å². The van der Waals surface area contributed by atoms with Crippen LogP contribution < -0.4 is 10.8 Å². The van der Waals surface area contributed by atoms with E-state index in [1.165, 1.54) is 0 Å². The summed E-state index contributed by atoms with van der Waals surface area (Å²) in [5.74, 6) is 0.392. The lowest BCUT2D eigenvalue weighted by Gasteiger charge is -2.36. The largest absolute Gasteiger partial charge is 0.344 e. The molecule has 1 aliphatic rings. The highest BCUT2D eigenvalue weighted by Crippen LogP contribution is 2.39. The zero-order valence-corrected chi connectivity index (χ0v) is 22.6. The van der Waals surface area contributed by atoms with E-state index in [-0.39, 0.29) is 24.0 Å². The molecule has 0 spiro atoms. The second-order valence-electron chi connectivity index (χ2n) is 9.47. The number of ether oxygens (including phenoxy) is 2. The van der Waals surface area contributed by atoms with Crippen LogP contribution in [0, 0.1) is 0 Å². The fourth-order valence-electron chi connectivity index (χ4n) is 4.40. The molecule has 3 unspecified atom stereocenters. The molecule has 0 saturated carbocycles. The van der Waals surface area contributed by atoms with E-state index in [1.54, 1.807) is 29.6 Å². The van der Waals surface area contributed by atoms with E-state index in [0.717, 1.165) is 53.1 Å². The van der Waals surface area contributed by atoms with Crippen molar-refractivity contribution in [1.29, 1.82) is 0 Å². The van der Waals surface area contributed by atoms with Crippen LogP contribution in [0.25, 0.3) is 0 Å². The predicted molar refractivity (Wildman–Crippen MR) is 150 cm³/mol. The molecule has 3 N–H and O–H groups in total. The van der Waals surface area contributed by atoms with E-state index in [2.05, 4.69) is 10.3 Å². The molecular formula is C30H35N3O5S. The number of pyridine rings is 1. The molecule has 39 heavy (non-hydrogen) atoms. The number of nitrogens with one attached hydrogen (secondary N) is 2. The normalized spacial score (nSPS) is 18.8. The number of hydrogen-bond acceptors (Lipinski definition) is 7. The highest BCUT2D eigenvalue weighted by atomic mass is 32.2. The summed E-state index contributed by atoms with van der Waals surface area (Å²) in [5.41, 5.74) is 4.41. The van der Waals surface area contributed by atoms with Crippen LogP contribution in [0.2, 0.25) is 0 Å². The summed E-state index contributed by atoms with van der Waals surface area (Å²) >= 11 is 1.75. The number of thioether (sulfide) groups is 1. The smallest absolute Gasteiger partial charge is 0.243 e. The first-order valence-electron chi connectivity index (χ1n) is 13.3. The van der Waals surface area contributed by atoms with Gasteiger partial charge >= 0.3 is 0 Å². The average Bonchev–Trinajstić information content (AvgIpc) is 2.99. The molecule has 9 heteroatoms. The number of amides is 2. The van der Waals surface area contributed by atoms with E-state index in [9.17, 15) is 9.59 Å². The van der Waals surface area contributed by atoms with Crippen LogP contribution in [0.3, 0.4) is 0 Å². The van der Waals surface area contributed by atoms with Gasteiger partial charge in [0.2, 0.25) is 11.8 Å². The lowest BCUT2D eigenvalue weighted by molar-refractivity contribution is -0.245. The third-order valence-corrected chi connectivity index (χ3v) is 7.63. The van der Waals surface area contributed by atoms with Gasteiger partial charge in [0.1, 0.15) is 0 Å². The first-order chi connectivity index (χ1) is 19.1. The van der Waals surface area contributed by atoms with Gasteiger partial charge < -0.3 is 14.8 Å². The second kappa shape index (κ2) is 15.4. The fourth-order valence-corrected chi connectivity index (χ4v) is 5.31. The SMILES string of the molecule is O=C(CCCCCCC(=O)Nc1ccc(C2CC(CSc3ccncc3)OC(c3ccccc3)O2)cc1)NO. The summed E-state index contributed by atoms with van der Waals surface area (Å²) in [6.45, 7) is 0. The lowest BCUT2D eigenvalue weighted by Crippen LogP contribution is -2.31. The lowest BCUT2D eigenvalue weighted by atomic mass is 10.0. The number of unbranched alkanes of at least 4 members (excludes halogenated alkanes) is 3. The minimum Gasteiger partial charge on any atom is -0.344 e. The third-order valence-electron chi connectivity index (χ3n) is 6.49. The molecule has 1 aliphatic heterocycles. The van der Waals surface area contributed by atoms with Crippen molar-refractivity contribution in [3.8, 4) is 0 Å². The number of anilines is 1. The summed E-state index contributed by atoms with van der Waals surface area (Å²) in [7, 11) is 0. The van der Waals surface area contributed by atoms with E-state index < -0.39 is 6.29 Å². The first-order valence-corrected chi connectivity index (χ1v) is 14.3. The summed E-state index contributed by atoms with van der Waals surface area (Å²) in [4.78, 5) is 28.6. The molecule has 2 heterocycles. The van der Waals surface area contributed by atoms with Gasteiger partial charge in [-0.1, -0.05) is 55.3 Å². The van der Waals surface area contributed by atoms with Crippen LogP contribution in [-0.2, 0) is 19.1 Å². The Balaban J connectivity index is 1.30. The van der Waals surface area contributed by atoms with Crippen molar-refractivity contribution < 1.29 is 24.3 Å². The molecule has 0 bridgehead atoms. The van der Waals surface area contributed by atoms with Crippen molar-refractivity contribution in [3.05, 3.63) is 90.3 Å². The number of carbonyl (C=O) groups excluding carboxylic acids is 2.